The predicted molar refractivity (Wildman–Crippen MR) is 94.7 cm³/mol. The summed E-state index contributed by atoms with van der Waals surface area (Å²) in [7, 11) is 2.92. The van der Waals surface area contributed by atoms with Crippen LogP contribution < -0.4 is 0 Å². The van der Waals surface area contributed by atoms with Gasteiger partial charge in [0.25, 0.3) is 0 Å². The first-order chi connectivity index (χ1) is 11.7. The van der Waals surface area contributed by atoms with Gasteiger partial charge in [-0.25, -0.2) is 8.42 Å². The Labute approximate surface area is 149 Å². The molecule has 0 spiro atoms. The van der Waals surface area contributed by atoms with Gasteiger partial charge in [0.2, 0.25) is 5.91 Å². The zero-order chi connectivity index (χ0) is 18.2. The van der Waals surface area contributed by atoms with Crippen LogP contribution in [0.2, 0.25) is 0 Å². The Balaban J connectivity index is 1.58. The van der Waals surface area contributed by atoms with E-state index in [1.165, 1.54) is 0 Å². The van der Waals surface area contributed by atoms with Crippen molar-refractivity contribution in [2.75, 3.05) is 45.7 Å². The zero-order valence-corrected chi connectivity index (χ0v) is 16.0. The number of carbonyl (C=O) groups is 1. The van der Waals surface area contributed by atoms with Gasteiger partial charge in [-0.05, 0) is 33.6 Å². The van der Waals surface area contributed by atoms with Gasteiger partial charge in [-0.2, -0.15) is 5.10 Å². The Bertz CT molecular complexity index is 743. The molecule has 0 N–H and O–H groups in total. The average Bonchev–Trinajstić information content (AvgIpc) is 3.07. The predicted octanol–water partition coefficient (Wildman–Crippen LogP) is -0.594. The van der Waals surface area contributed by atoms with E-state index in [9.17, 15) is 13.2 Å². The lowest BCUT2D eigenvalue weighted by atomic mass is 10.2. The minimum atomic E-state index is -2.93. The molecule has 1 atom stereocenters. The Morgan fingerprint density at radius 3 is 2.72 bits per heavy atom. The first kappa shape index (κ1) is 18.3. The van der Waals surface area contributed by atoms with Gasteiger partial charge in [0.05, 0.1) is 42.5 Å². The van der Waals surface area contributed by atoms with Gasteiger partial charge in [-0.15, -0.1) is 0 Å². The van der Waals surface area contributed by atoms with Crippen molar-refractivity contribution < 1.29 is 13.2 Å². The van der Waals surface area contributed by atoms with Crippen LogP contribution in [0.1, 0.15) is 17.8 Å². The molecule has 140 valence electrons. The molecule has 9 heteroatoms. The van der Waals surface area contributed by atoms with Crippen molar-refractivity contribution in [3.8, 4) is 0 Å². The van der Waals surface area contributed by atoms with E-state index in [1.54, 1.807) is 0 Å². The molecule has 1 amide bonds. The summed E-state index contributed by atoms with van der Waals surface area (Å²) in [6, 6.07) is 2.02. The first-order valence-electron chi connectivity index (χ1n) is 8.62. The first-order valence-corrected chi connectivity index (χ1v) is 10.4. The summed E-state index contributed by atoms with van der Waals surface area (Å²) in [6.45, 7) is 2.96. The van der Waals surface area contributed by atoms with Gasteiger partial charge in [0.1, 0.15) is 0 Å². The van der Waals surface area contributed by atoms with Gasteiger partial charge in [-0.1, -0.05) is 0 Å². The van der Waals surface area contributed by atoms with Crippen molar-refractivity contribution >= 4 is 15.7 Å². The maximum absolute atomic E-state index is 12.6. The van der Waals surface area contributed by atoms with E-state index < -0.39 is 9.84 Å². The molecule has 0 unspecified atom stereocenters. The molecule has 0 bridgehead atoms. The summed E-state index contributed by atoms with van der Waals surface area (Å²) < 4.78 is 25.2. The number of likely N-dealkylation sites (N-methyl/N-ethyl adjacent to an activating group) is 1. The third-order valence-electron chi connectivity index (χ3n) is 4.90. The molecule has 0 aromatic carbocycles. The van der Waals surface area contributed by atoms with E-state index in [-0.39, 0.29) is 30.0 Å². The molecule has 3 rings (SSSR count). The molecular weight excluding hydrogens is 342 g/mol. The van der Waals surface area contributed by atoms with Gasteiger partial charge in [0, 0.05) is 19.1 Å². The summed E-state index contributed by atoms with van der Waals surface area (Å²) in [5.74, 6) is 0.443. The maximum Gasteiger partial charge on any atom is 0.237 e. The monoisotopic (exact) mass is 369 g/mol. The Hall–Kier alpha value is -1.45. The van der Waals surface area contributed by atoms with Crippen molar-refractivity contribution in [3.05, 3.63) is 17.5 Å². The van der Waals surface area contributed by atoms with Crippen molar-refractivity contribution in [1.29, 1.82) is 0 Å². The fourth-order valence-electron chi connectivity index (χ4n) is 3.51. The normalized spacial score (nSPS) is 22.6. The summed E-state index contributed by atoms with van der Waals surface area (Å²) >= 11 is 0. The molecule has 1 saturated heterocycles. The number of nitrogens with zero attached hydrogens (tertiary/aromatic N) is 5. The molecule has 0 radical (unpaired) electrons. The second-order valence-electron chi connectivity index (χ2n) is 7.38. The largest absolute Gasteiger partial charge is 0.334 e. The highest BCUT2D eigenvalue weighted by atomic mass is 32.2. The molecule has 1 fully saturated rings. The SMILES string of the molecule is CN(C)Cc1cc2n(n1)CCN(C(=O)CN(C)[C@H]1CCS(=O)(=O)C1)C2. The molecule has 2 aliphatic rings. The van der Waals surface area contributed by atoms with Gasteiger partial charge >= 0.3 is 0 Å². The van der Waals surface area contributed by atoms with Gasteiger partial charge in [-0.3, -0.25) is 14.4 Å². The number of carbonyl (C=O) groups excluding carboxylic acids is 1. The molecule has 0 aliphatic carbocycles. The number of fused-ring (bicyclic) bond motifs is 1. The highest BCUT2D eigenvalue weighted by molar-refractivity contribution is 7.91. The van der Waals surface area contributed by atoms with Crippen LogP contribution in [-0.4, -0.2) is 90.6 Å². The van der Waals surface area contributed by atoms with Crippen LogP contribution in [0.5, 0.6) is 0 Å². The summed E-state index contributed by atoms with van der Waals surface area (Å²) in [5.41, 5.74) is 2.07. The topological polar surface area (TPSA) is 78.8 Å². The van der Waals surface area contributed by atoms with Crippen molar-refractivity contribution in [3.63, 3.8) is 0 Å². The summed E-state index contributed by atoms with van der Waals surface area (Å²) in [6.07, 6.45) is 0.618. The van der Waals surface area contributed by atoms with Crippen LogP contribution in [0.4, 0.5) is 0 Å². The molecule has 1 aromatic rings. The van der Waals surface area contributed by atoms with E-state index in [4.69, 9.17) is 0 Å². The van der Waals surface area contributed by atoms with Crippen LogP contribution in [0.15, 0.2) is 6.07 Å². The van der Waals surface area contributed by atoms with Crippen molar-refractivity contribution in [2.45, 2.75) is 32.1 Å². The average molecular weight is 369 g/mol. The van der Waals surface area contributed by atoms with Crippen LogP contribution in [-0.2, 0) is 34.3 Å². The van der Waals surface area contributed by atoms with Gasteiger partial charge < -0.3 is 9.80 Å². The minimum Gasteiger partial charge on any atom is -0.334 e. The lowest BCUT2D eigenvalue weighted by Gasteiger charge is -2.30. The molecule has 2 aliphatic heterocycles. The number of hydrogen-bond acceptors (Lipinski definition) is 6. The van der Waals surface area contributed by atoms with E-state index in [0.717, 1.165) is 17.9 Å². The number of rotatable bonds is 5. The van der Waals surface area contributed by atoms with E-state index in [1.807, 2.05) is 35.6 Å². The van der Waals surface area contributed by atoms with Crippen molar-refractivity contribution in [2.24, 2.45) is 0 Å². The second-order valence-corrected chi connectivity index (χ2v) is 9.60. The van der Waals surface area contributed by atoms with Crippen molar-refractivity contribution in [1.82, 2.24) is 24.5 Å². The number of sulfone groups is 1. The molecule has 1 aromatic heterocycles. The second kappa shape index (κ2) is 7.05. The molecule has 25 heavy (non-hydrogen) atoms. The smallest absolute Gasteiger partial charge is 0.237 e. The number of amides is 1. The number of hydrogen-bond donors (Lipinski definition) is 0. The zero-order valence-electron chi connectivity index (χ0n) is 15.2. The highest BCUT2D eigenvalue weighted by Gasteiger charge is 2.32. The Morgan fingerprint density at radius 2 is 2.08 bits per heavy atom. The fraction of sp³-hybridized carbons (Fsp3) is 0.750. The Morgan fingerprint density at radius 1 is 1.32 bits per heavy atom. The molecule has 0 saturated carbocycles. The van der Waals surface area contributed by atoms with E-state index in [2.05, 4.69) is 16.1 Å². The Kier molecular flexibility index (Phi) is 5.17. The molecular formula is C16H27N5O3S. The van der Waals surface area contributed by atoms with E-state index >= 15 is 0 Å². The highest BCUT2D eigenvalue weighted by Crippen LogP contribution is 2.18. The fourth-order valence-corrected chi connectivity index (χ4v) is 5.31. The lowest BCUT2D eigenvalue weighted by Crippen LogP contribution is -2.45. The maximum atomic E-state index is 12.6. The van der Waals surface area contributed by atoms with E-state index in [0.29, 0.717) is 26.1 Å². The third kappa shape index (κ3) is 4.39. The van der Waals surface area contributed by atoms with Crippen LogP contribution in [0, 0.1) is 0 Å². The van der Waals surface area contributed by atoms with Crippen LogP contribution in [0.25, 0.3) is 0 Å². The lowest BCUT2D eigenvalue weighted by molar-refractivity contribution is -0.134. The molecule has 3 heterocycles. The molecule has 8 nitrogen and oxygen atoms in total. The summed E-state index contributed by atoms with van der Waals surface area (Å²) in [4.78, 5) is 18.4. The van der Waals surface area contributed by atoms with Gasteiger partial charge in [0.15, 0.2) is 9.84 Å². The standard InChI is InChI=1S/C16H27N5O3S/c1-18(2)9-13-8-15-10-20(5-6-21(15)17-13)16(22)11-19(3)14-4-7-25(23,24)12-14/h8,14H,4-7,9-12H2,1-3H3/t14-/m0/s1. The third-order valence-corrected chi connectivity index (χ3v) is 6.65. The number of aromatic nitrogens is 2. The van der Waals surface area contributed by atoms with Crippen LogP contribution >= 0.6 is 0 Å². The summed E-state index contributed by atoms with van der Waals surface area (Å²) in [5, 5.41) is 4.58. The quantitative estimate of drug-likeness (QED) is 0.690. The minimum absolute atomic E-state index is 0.0454. The van der Waals surface area contributed by atoms with Crippen LogP contribution in [0.3, 0.4) is 0 Å².